The Labute approximate surface area is 186 Å². The van der Waals surface area contributed by atoms with E-state index in [2.05, 4.69) is 31.3 Å². The van der Waals surface area contributed by atoms with Crippen LogP contribution in [-0.2, 0) is 0 Å². The molecule has 2 heteroatoms. The Hall–Kier alpha value is -1.41. The van der Waals surface area contributed by atoms with E-state index in [0.29, 0.717) is 12.6 Å². The molecule has 0 fully saturated rings. The van der Waals surface area contributed by atoms with Gasteiger partial charge in [0.05, 0.1) is 6.54 Å². The smallest absolute Gasteiger partial charge is 0.176 e. The van der Waals surface area contributed by atoms with Gasteiger partial charge < -0.3 is 5.32 Å². The monoisotopic (exact) mass is 413 g/mol. The van der Waals surface area contributed by atoms with Crippen molar-refractivity contribution in [3.05, 3.63) is 48.0 Å². The lowest BCUT2D eigenvalue weighted by Crippen LogP contribution is -2.32. The van der Waals surface area contributed by atoms with Crippen LogP contribution in [-0.4, -0.2) is 18.4 Å². The number of nitrogens with one attached hydrogen (secondary N) is 1. The third kappa shape index (κ3) is 14.6. The number of allylic oxidation sites excluding steroid dienone is 1. The lowest BCUT2D eigenvalue weighted by atomic mass is 10.0. The normalized spacial score (nSPS) is 12.5. The maximum Gasteiger partial charge on any atom is 0.176 e. The van der Waals surface area contributed by atoms with Gasteiger partial charge in [-0.2, -0.15) is 0 Å². The van der Waals surface area contributed by atoms with Crippen LogP contribution in [0.2, 0.25) is 0 Å². The summed E-state index contributed by atoms with van der Waals surface area (Å²) in [6.07, 6.45) is 24.7. The van der Waals surface area contributed by atoms with Crippen molar-refractivity contribution in [2.75, 3.05) is 6.54 Å². The van der Waals surface area contributed by atoms with Gasteiger partial charge in [0.1, 0.15) is 0 Å². The van der Waals surface area contributed by atoms with Gasteiger partial charge in [0.15, 0.2) is 5.78 Å². The number of ketones is 1. The Kier molecular flexibility index (Phi) is 17.3. The van der Waals surface area contributed by atoms with Gasteiger partial charge in [-0.25, -0.2) is 0 Å². The fraction of sp³-hybridized carbons (Fsp3) is 0.679. The molecule has 0 saturated heterocycles. The van der Waals surface area contributed by atoms with Crippen LogP contribution < -0.4 is 5.32 Å². The van der Waals surface area contributed by atoms with Gasteiger partial charge in [-0.3, -0.25) is 4.79 Å². The fourth-order valence-electron chi connectivity index (χ4n) is 3.89. The third-order valence-electron chi connectivity index (χ3n) is 5.81. The zero-order chi connectivity index (χ0) is 21.7. The molecule has 0 aliphatic carbocycles. The van der Waals surface area contributed by atoms with Crippen molar-refractivity contribution in [1.82, 2.24) is 5.32 Å². The largest absolute Gasteiger partial charge is 0.303 e. The minimum Gasteiger partial charge on any atom is -0.303 e. The lowest BCUT2D eigenvalue weighted by molar-refractivity contribution is 0.0988. The predicted octanol–water partition coefficient (Wildman–Crippen LogP) is 8.28. The maximum atomic E-state index is 12.3. The molecular weight excluding hydrogens is 366 g/mol. The second-order valence-corrected chi connectivity index (χ2v) is 8.67. The highest BCUT2D eigenvalue weighted by Gasteiger charge is 2.08. The highest BCUT2D eigenvalue weighted by molar-refractivity contribution is 5.97. The van der Waals surface area contributed by atoms with Gasteiger partial charge in [0.2, 0.25) is 0 Å². The summed E-state index contributed by atoms with van der Waals surface area (Å²) >= 11 is 0. The molecule has 0 heterocycles. The molecule has 1 aromatic carbocycles. The Balaban J connectivity index is 2.03. The Morgan fingerprint density at radius 3 is 1.93 bits per heavy atom. The molecule has 1 aromatic rings. The van der Waals surface area contributed by atoms with Crippen LogP contribution in [0.1, 0.15) is 121 Å². The first-order valence-electron chi connectivity index (χ1n) is 12.8. The number of benzene rings is 1. The van der Waals surface area contributed by atoms with Gasteiger partial charge in [0.25, 0.3) is 0 Å². The maximum absolute atomic E-state index is 12.3. The van der Waals surface area contributed by atoms with Gasteiger partial charge in [-0.1, -0.05) is 133 Å². The van der Waals surface area contributed by atoms with E-state index < -0.39 is 0 Å². The van der Waals surface area contributed by atoms with Crippen molar-refractivity contribution >= 4 is 5.78 Å². The van der Waals surface area contributed by atoms with E-state index >= 15 is 0 Å². The zero-order valence-corrected chi connectivity index (χ0v) is 19.8. The molecule has 0 saturated carbocycles. The molecule has 1 rings (SSSR count). The first kappa shape index (κ1) is 26.6. The molecule has 0 spiro atoms. The number of unbranched alkanes of at least 4 members (excludes halogenated alkanes) is 12. The first-order valence-corrected chi connectivity index (χ1v) is 12.8. The highest BCUT2D eigenvalue weighted by Crippen LogP contribution is 2.13. The summed E-state index contributed by atoms with van der Waals surface area (Å²) in [6, 6.07) is 9.88. The molecule has 1 atom stereocenters. The first-order chi connectivity index (χ1) is 14.8. The Morgan fingerprint density at radius 1 is 0.800 bits per heavy atom. The highest BCUT2D eigenvalue weighted by atomic mass is 16.1. The number of hydrogen-bond donors (Lipinski definition) is 1. The molecule has 0 amide bonds. The summed E-state index contributed by atoms with van der Waals surface area (Å²) in [6.45, 7) is 4.90. The van der Waals surface area contributed by atoms with E-state index in [0.717, 1.165) is 24.8 Å². The van der Waals surface area contributed by atoms with Gasteiger partial charge in [-0.15, -0.1) is 0 Å². The molecule has 0 aliphatic rings. The van der Waals surface area contributed by atoms with E-state index in [1.54, 1.807) is 0 Å². The zero-order valence-electron chi connectivity index (χ0n) is 19.8. The second-order valence-electron chi connectivity index (χ2n) is 8.67. The quantitative estimate of drug-likeness (QED) is 0.132. The van der Waals surface area contributed by atoms with Crippen molar-refractivity contribution in [2.24, 2.45) is 0 Å². The van der Waals surface area contributed by atoms with Crippen molar-refractivity contribution in [2.45, 2.75) is 116 Å². The number of carbonyl (C=O) groups is 1. The van der Waals surface area contributed by atoms with Crippen LogP contribution >= 0.6 is 0 Å². The van der Waals surface area contributed by atoms with Crippen molar-refractivity contribution in [3.63, 3.8) is 0 Å². The van der Waals surface area contributed by atoms with Crippen LogP contribution in [0.25, 0.3) is 0 Å². The molecule has 2 nitrogen and oxygen atoms in total. The van der Waals surface area contributed by atoms with Gasteiger partial charge in [-0.05, 0) is 19.3 Å². The number of Topliss-reactive ketones (excluding diaryl/α,β-unsaturated/α-hetero) is 1. The average molecular weight is 414 g/mol. The Bertz CT molecular complexity index is 537. The van der Waals surface area contributed by atoms with E-state index in [9.17, 15) is 4.79 Å². The SMILES string of the molecule is CCCCCCCCCCCCCC/C=C/[C@@H](CCC)NCC(=O)c1ccccc1. The summed E-state index contributed by atoms with van der Waals surface area (Å²) in [4.78, 5) is 12.3. The summed E-state index contributed by atoms with van der Waals surface area (Å²) in [5.41, 5.74) is 0.792. The number of hydrogen-bond acceptors (Lipinski definition) is 2. The minimum absolute atomic E-state index is 0.172. The van der Waals surface area contributed by atoms with Gasteiger partial charge in [0, 0.05) is 11.6 Å². The molecular formula is C28H47NO. The molecule has 0 radical (unpaired) electrons. The summed E-state index contributed by atoms with van der Waals surface area (Å²) in [5.74, 6) is 0.172. The molecule has 0 bridgehead atoms. The van der Waals surface area contributed by atoms with Crippen molar-refractivity contribution < 1.29 is 4.79 Å². The molecule has 0 aliphatic heterocycles. The fourth-order valence-corrected chi connectivity index (χ4v) is 3.89. The lowest BCUT2D eigenvalue weighted by Gasteiger charge is -2.13. The molecule has 0 aromatic heterocycles. The van der Waals surface area contributed by atoms with Crippen LogP contribution in [0.4, 0.5) is 0 Å². The van der Waals surface area contributed by atoms with Crippen LogP contribution in [0, 0.1) is 0 Å². The number of rotatable bonds is 20. The topological polar surface area (TPSA) is 29.1 Å². The Morgan fingerprint density at radius 2 is 1.37 bits per heavy atom. The van der Waals surface area contributed by atoms with Crippen LogP contribution in [0.15, 0.2) is 42.5 Å². The van der Waals surface area contributed by atoms with E-state index in [-0.39, 0.29) is 5.78 Å². The molecule has 170 valence electrons. The average Bonchev–Trinajstić information content (AvgIpc) is 2.78. The summed E-state index contributed by atoms with van der Waals surface area (Å²) in [7, 11) is 0. The van der Waals surface area contributed by atoms with E-state index in [1.807, 2.05) is 30.3 Å². The number of carbonyl (C=O) groups excluding carboxylic acids is 1. The van der Waals surface area contributed by atoms with E-state index in [1.165, 1.54) is 77.0 Å². The van der Waals surface area contributed by atoms with Crippen molar-refractivity contribution in [1.29, 1.82) is 0 Å². The van der Waals surface area contributed by atoms with Gasteiger partial charge >= 0.3 is 0 Å². The standard InChI is InChI=1S/C28H47NO/c1-3-5-6-7-8-9-10-11-12-13-14-15-16-20-24-27(21-4-2)29-25-28(30)26-22-18-17-19-23-26/h17-20,22-24,27,29H,3-16,21,25H2,1-2H3/b24-20+/t27-/m1/s1. The predicted molar refractivity (Wildman–Crippen MR) is 132 cm³/mol. The van der Waals surface area contributed by atoms with E-state index in [4.69, 9.17) is 0 Å². The minimum atomic E-state index is 0.172. The van der Waals surface area contributed by atoms with Crippen LogP contribution in [0.5, 0.6) is 0 Å². The second kappa shape index (κ2) is 19.5. The summed E-state index contributed by atoms with van der Waals surface area (Å²) < 4.78 is 0. The summed E-state index contributed by atoms with van der Waals surface area (Å²) in [5, 5.41) is 3.43. The molecule has 30 heavy (non-hydrogen) atoms. The van der Waals surface area contributed by atoms with Crippen molar-refractivity contribution in [3.8, 4) is 0 Å². The third-order valence-corrected chi connectivity index (χ3v) is 5.81. The van der Waals surface area contributed by atoms with Crippen LogP contribution in [0.3, 0.4) is 0 Å². The molecule has 1 N–H and O–H groups in total. The molecule has 0 unspecified atom stereocenters.